The van der Waals surface area contributed by atoms with E-state index in [-0.39, 0.29) is 12.3 Å². The molecule has 1 aliphatic heterocycles. The van der Waals surface area contributed by atoms with Gasteiger partial charge in [0, 0.05) is 17.1 Å². The Morgan fingerprint density at radius 3 is 2.48 bits per heavy atom. The van der Waals surface area contributed by atoms with Crippen LogP contribution in [-0.2, 0) is 11.2 Å². The minimum absolute atomic E-state index is 0.103. The van der Waals surface area contributed by atoms with Crippen molar-refractivity contribution in [2.45, 2.75) is 6.42 Å². The SMILES string of the molecule is COc1cc(-c2cnc3c(n2)N(c2cnc4[nH]ccc4c2)C(=O)C3)cc(OC)c1OC. The molecular formula is C22H19N5O4. The van der Waals surface area contributed by atoms with Crippen molar-refractivity contribution in [2.24, 2.45) is 0 Å². The predicted molar refractivity (Wildman–Crippen MR) is 114 cm³/mol. The normalized spacial score (nSPS) is 12.9. The Kier molecular flexibility index (Phi) is 4.43. The third-order valence-corrected chi connectivity index (χ3v) is 5.21. The molecule has 0 saturated heterocycles. The highest BCUT2D eigenvalue weighted by Crippen LogP contribution is 2.42. The van der Waals surface area contributed by atoms with E-state index in [9.17, 15) is 4.79 Å². The van der Waals surface area contributed by atoms with E-state index in [4.69, 9.17) is 19.2 Å². The number of carbonyl (C=O) groups excluding carboxylic acids is 1. The molecule has 0 atom stereocenters. The summed E-state index contributed by atoms with van der Waals surface area (Å²) in [5.41, 5.74) is 3.33. The molecule has 4 aromatic rings. The average Bonchev–Trinajstić information content (AvgIpc) is 3.40. The Balaban J connectivity index is 1.61. The summed E-state index contributed by atoms with van der Waals surface area (Å²) in [4.78, 5) is 31.1. The van der Waals surface area contributed by atoms with Crippen molar-refractivity contribution in [3.8, 4) is 28.5 Å². The van der Waals surface area contributed by atoms with Gasteiger partial charge < -0.3 is 19.2 Å². The van der Waals surface area contributed by atoms with Crippen LogP contribution in [0.1, 0.15) is 5.69 Å². The quantitative estimate of drug-likeness (QED) is 0.532. The lowest BCUT2D eigenvalue weighted by molar-refractivity contribution is -0.116. The number of pyridine rings is 1. The maximum Gasteiger partial charge on any atom is 0.238 e. The Labute approximate surface area is 177 Å². The van der Waals surface area contributed by atoms with Gasteiger partial charge in [-0.1, -0.05) is 0 Å². The first-order valence-electron chi connectivity index (χ1n) is 9.55. The number of anilines is 2. The van der Waals surface area contributed by atoms with E-state index in [1.54, 1.807) is 50.8 Å². The Hall–Kier alpha value is -4.14. The largest absolute Gasteiger partial charge is 0.493 e. The molecule has 0 unspecified atom stereocenters. The fourth-order valence-corrected chi connectivity index (χ4v) is 3.73. The van der Waals surface area contributed by atoms with Crippen molar-refractivity contribution in [2.75, 3.05) is 26.2 Å². The van der Waals surface area contributed by atoms with Crippen LogP contribution in [0.2, 0.25) is 0 Å². The molecule has 1 aromatic carbocycles. The summed E-state index contributed by atoms with van der Waals surface area (Å²) in [5.74, 6) is 1.90. The van der Waals surface area contributed by atoms with Gasteiger partial charge in [-0.25, -0.2) is 9.97 Å². The smallest absolute Gasteiger partial charge is 0.238 e. The highest BCUT2D eigenvalue weighted by molar-refractivity contribution is 6.06. The van der Waals surface area contributed by atoms with Gasteiger partial charge in [0.05, 0.1) is 57.2 Å². The molecule has 0 saturated carbocycles. The molecule has 9 nitrogen and oxygen atoms in total. The highest BCUT2D eigenvalue weighted by Gasteiger charge is 2.32. The third-order valence-electron chi connectivity index (χ3n) is 5.21. The summed E-state index contributed by atoms with van der Waals surface area (Å²) in [6.45, 7) is 0. The molecule has 1 N–H and O–H groups in total. The van der Waals surface area contributed by atoms with Crippen LogP contribution in [0.5, 0.6) is 17.2 Å². The van der Waals surface area contributed by atoms with Gasteiger partial charge in [0.1, 0.15) is 5.65 Å². The number of H-pyrrole nitrogens is 1. The summed E-state index contributed by atoms with van der Waals surface area (Å²) < 4.78 is 16.3. The van der Waals surface area contributed by atoms with Crippen molar-refractivity contribution in [3.05, 3.63) is 48.5 Å². The minimum Gasteiger partial charge on any atom is -0.493 e. The summed E-state index contributed by atoms with van der Waals surface area (Å²) in [6, 6.07) is 7.41. The van der Waals surface area contributed by atoms with E-state index < -0.39 is 0 Å². The molecule has 0 radical (unpaired) electrons. The molecule has 1 aliphatic rings. The number of rotatable bonds is 5. The zero-order valence-electron chi connectivity index (χ0n) is 17.2. The number of nitrogens with zero attached hydrogens (tertiary/aromatic N) is 4. The molecule has 5 rings (SSSR count). The van der Waals surface area contributed by atoms with E-state index in [1.807, 2.05) is 18.3 Å². The molecule has 4 heterocycles. The van der Waals surface area contributed by atoms with E-state index in [1.165, 1.54) is 0 Å². The number of benzene rings is 1. The Morgan fingerprint density at radius 2 is 1.77 bits per heavy atom. The van der Waals surface area contributed by atoms with Gasteiger partial charge in [-0.15, -0.1) is 0 Å². The number of aromatic amines is 1. The van der Waals surface area contributed by atoms with Crippen molar-refractivity contribution in [3.63, 3.8) is 0 Å². The summed E-state index contributed by atoms with van der Waals surface area (Å²) in [7, 11) is 4.66. The van der Waals surface area contributed by atoms with Gasteiger partial charge in [0.25, 0.3) is 0 Å². The first kappa shape index (κ1) is 18.9. The van der Waals surface area contributed by atoms with Gasteiger partial charge in [0.15, 0.2) is 17.3 Å². The van der Waals surface area contributed by atoms with Crippen LogP contribution in [0.3, 0.4) is 0 Å². The van der Waals surface area contributed by atoms with Crippen LogP contribution >= 0.6 is 0 Å². The molecule has 1 amide bonds. The van der Waals surface area contributed by atoms with Gasteiger partial charge >= 0.3 is 0 Å². The Bertz CT molecular complexity index is 1290. The molecule has 0 aliphatic carbocycles. The summed E-state index contributed by atoms with van der Waals surface area (Å²) in [5, 5.41) is 0.910. The topological polar surface area (TPSA) is 102 Å². The fraction of sp³-hybridized carbons (Fsp3) is 0.182. The van der Waals surface area contributed by atoms with Crippen LogP contribution in [0, 0.1) is 0 Å². The van der Waals surface area contributed by atoms with E-state index >= 15 is 0 Å². The second-order valence-corrected chi connectivity index (χ2v) is 6.95. The molecular weight excluding hydrogens is 398 g/mol. The first-order chi connectivity index (χ1) is 15.1. The average molecular weight is 417 g/mol. The predicted octanol–water partition coefficient (Wildman–Crippen LogP) is 3.27. The number of aromatic nitrogens is 4. The van der Waals surface area contributed by atoms with Crippen LogP contribution in [0.4, 0.5) is 11.5 Å². The van der Waals surface area contributed by atoms with Crippen molar-refractivity contribution in [1.82, 2.24) is 19.9 Å². The van der Waals surface area contributed by atoms with E-state index in [0.29, 0.717) is 40.1 Å². The molecule has 9 heteroatoms. The van der Waals surface area contributed by atoms with E-state index in [0.717, 1.165) is 16.6 Å². The minimum atomic E-state index is -0.103. The lowest BCUT2D eigenvalue weighted by Gasteiger charge is -2.17. The number of hydrogen-bond donors (Lipinski definition) is 1. The number of ether oxygens (including phenoxy) is 3. The molecule has 0 bridgehead atoms. The zero-order chi connectivity index (χ0) is 21.5. The van der Waals surface area contributed by atoms with Crippen LogP contribution in [0.15, 0.2) is 42.9 Å². The molecule has 0 spiro atoms. The number of amides is 1. The number of methoxy groups -OCH3 is 3. The Morgan fingerprint density at radius 1 is 1.00 bits per heavy atom. The third kappa shape index (κ3) is 3.02. The van der Waals surface area contributed by atoms with Crippen LogP contribution in [0.25, 0.3) is 22.3 Å². The second kappa shape index (κ2) is 7.28. The van der Waals surface area contributed by atoms with Crippen molar-refractivity contribution < 1.29 is 19.0 Å². The second-order valence-electron chi connectivity index (χ2n) is 6.95. The lowest BCUT2D eigenvalue weighted by atomic mass is 10.1. The number of nitrogens with one attached hydrogen (secondary N) is 1. The van der Waals surface area contributed by atoms with Crippen molar-refractivity contribution >= 4 is 28.4 Å². The van der Waals surface area contributed by atoms with Gasteiger partial charge in [-0.05, 0) is 24.3 Å². The molecule has 31 heavy (non-hydrogen) atoms. The molecule has 3 aromatic heterocycles. The molecule has 156 valence electrons. The summed E-state index contributed by atoms with van der Waals surface area (Å²) in [6.07, 6.45) is 5.29. The maximum absolute atomic E-state index is 12.8. The number of hydrogen-bond acceptors (Lipinski definition) is 7. The fourth-order valence-electron chi connectivity index (χ4n) is 3.73. The van der Waals surface area contributed by atoms with Crippen molar-refractivity contribution in [1.29, 1.82) is 0 Å². The van der Waals surface area contributed by atoms with Crippen LogP contribution in [-0.4, -0.2) is 47.2 Å². The van der Waals surface area contributed by atoms with Gasteiger partial charge in [-0.2, -0.15) is 0 Å². The summed E-state index contributed by atoms with van der Waals surface area (Å²) >= 11 is 0. The van der Waals surface area contributed by atoms with Crippen LogP contribution < -0.4 is 19.1 Å². The highest BCUT2D eigenvalue weighted by atomic mass is 16.5. The lowest BCUT2D eigenvalue weighted by Crippen LogP contribution is -2.21. The molecule has 0 fully saturated rings. The maximum atomic E-state index is 12.8. The zero-order valence-corrected chi connectivity index (χ0v) is 17.2. The number of carbonyl (C=O) groups is 1. The standard InChI is InChI=1S/C22H19N5O4/c1-29-17-7-13(8-18(30-2)20(17)31-3)16-11-24-15-9-19(28)27(22(15)26-16)14-6-12-4-5-23-21(12)25-10-14/h4-8,10-11H,9H2,1-3H3,(H,23,25). The number of fused-ring (bicyclic) bond motifs is 2. The van der Waals surface area contributed by atoms with Gasteiger partial charge in [0.2, 0.25) is 11.7 Å². The van der Waals surface area contributed by atoms with Gasteiger partial charge in [-0.3, -0.25) is 14.7 Å². The van der Waals surface area contributed by atoms with E-state index in [2.05, 4.69) is 15.0 Å². The first-order valence-corrected chi connectivity index (χ1v) is 9.55. The monoisotopic (exact) mass is 417 g/mol.